The van der Waals surface area contributed by atoms with Crippen molar-refractivity contribution < 1.29 is 4.79 Å². The van der Waals surface area contributed by atoms with Crippen LogP contribution in [0.5, 0.6) is 0 Å². The largest absolute Gasteiger partial charge is 0.328 e. The highest BCUT2D eigenvalue weighted by Crippen LogP contribution is 2.24. The average molecular weight is 230 g/mol. The van der Waals surface area contributed by atoms with Gasteiger partial charge in [-0.3, -0.25) is 4.98 Å². The van der Waals surface area contributed by atoms with Crippen molar-refractivity contribution >= 4 is 6.03 Å². The predicted molar refractivity (Wildman–Crippen MR) is 61.9 cm³/mol. The number of aromatic nitrogens is 1. The molecule has 0 spiro atoms. The summed E-state index contributed by atoms with van der Waals surface area (Å²) in [5.74, 6) is 0. The van der Waals surface area contributed by atoms with E-state index < -0.39 is 5.54 Å². The Balaban J connectivity index is 2.19. The number of nitrogens with zero attached hydrogens (tertiary/aromatic N) is 3. The van der Waals surface area contributed by atoms with Crippen LogP contribution in [0, 0.1) is 11.3 Å². The van der Waals surface area contributed by atoms with Crippen LogP contribution < -0.4 is 5.32 Å². The highest BCUT2D eigenvalue weighted by Gasteiger charge is 2.39. The van der Waals surface area contributed by atoms with Crippen LogP contribution in [0.1, 0.15) is 25.6 Å². The standard InChI is InChI=1S/C12H14N4O/c1-12(2,8-13)16-7-10(15-11(16)17)9-5-3-4-6-14-9/h3-6,10H,7H2,1-2H3,(H,15,17). The molecular weight excluding hydrogens is 216 g/mol. The van der Waals surface area contributed by atoms with Gasteiger partial charge in [0.05, 0.1) is 17.8 Å². The zero-order valence-corrected chi connectivity index (χ0v) is 9.84. The quantitative estimate of drug-likeness (QED) is 0.836. The van der Waals surface area contributed by atoms with Gasteiger partial charge in [-0.2, -0.15) is 5.26 Å². The van der Waals surface area contributed by atoms with Crippen molar-refractivity contribution in [1.82, 2.24) is 15.2 Å². The minimum atomic E-state index is -0.798. The molecule has 1 aromatic heterocycles. The van der Waals surface area contributed by atoms with Crippen LogP contribution >= 0.6 is 0 Å². The maximum absolute atomic E-state index is 11.8. The number of nitrogens with one attached hydrogen (secondary N) is 1. The molecular formula is C12H14N4O. The van der Waals surface area contributed by atoms with Crippen LogP contribution in [-0.4, -0.2) is 28.0 Å². The van der Waals surface area contributed by atoms with Crippen molar-refractivity contribution in [3.8, 4) is 6.07 Å². The lowest BCUT2D eigenvalue weighted by Gasteiger charge is -2.27. The lowest BCUT2D eigenvalue weighted by molar-refractivity contribution is 0.186. The van der Waals surface area contributed by atoms with Gasteiger partial charge in [-0.25, -0.2) is 4.79 Å². The minimum Gasteiger partial charge on any atom is -0.328 e. The van der Waals surface area contributed by atoms with Gasteiger partial charge in [-0.1, -0.05) is 6.07 Å². The molecule has 17 heavy (non-hydrogen) atoms. The summed E-state index contributed by atoms with van der Waals surface area (Å²) >= 11 is 0. The third-order valence-corrected chi connectivity index (χ3v) is 2.90. The van der Waals surface area contributed by atoms with Gasteiger partial charge in [0.25, 0.3) is 0 Å². The van der Waals surface area contributed by atoms with Gasteiger partial charge in [0.15, 0.2) is 0 Å². The maximum Gasteiger partial charge on any atom is 0.319 e. The highest BCUT2D eigenvalue weighted by atomic mass is 16.2. The first-order valence-corrected chi connectivity index (χ1v) is 5.45. The molecule has 5 heteroatoms. The number of nitriles is 1. The molecule has 2 rings (SSSR count). The average Bonchev–Trinajstić information content (AvgIpc) is 2.73. The predicted octanol–water partition coefficient (Wildman–Crippen LogP) is 1.45. The van der Waals surface area contributed by atoms with E-state index >= 15 is 0 Å². The second-order valence-corrected chi connectivity index (χ2v) is 4.54. The number of hydrogen-bond acceptors (Lipinski definition) is 3. The van der Waals surface area contributed by atoms with Crippen molar-refractivity contribution in [2.24, 2.45) is 0 Å². The van der Waals surface area contributed by atoms with Gasteiger partial charge in [0, 0.05) is 12.7 Å². The second-order valence-electron chi connectivity index (χ2n) is 4.54. The first-order valence-electron chi connectivity index (χ1n) is 5.45. The second kappa shape index (κ2) is 4.06. The molecule has 0 aliphatic carbocycles. The van der Waals surface area contributed by atoms with E-state index in [0.717, 1.165) is 5.69 Å². The molecule has 2 heterocycles. The Hall–Kier alpha value is -2.09. The Kier molecular flexibility index (Phi) is 2.72. The van der Waals surface area contributed by atoms with E-state index in [1.807, 2.05) is 18.2 Å². The molecule has 2 amide bonds. The van der Waals surface area contributed by atoms with Gasteiger partial charge in [-0.05, 0) is 26.0 Å². The summed E-state index contributed by atoms with van der Waals surface area (Å²) in [5.41, 5.74) is 0.0187. The Morgan fingerprint density at radius 1 is 1.59 bits per heavy atom. The fourth-order valence-corrected chi connectivity index (χ4v) is 1.83. The number of carbonyl (C=O) groups excluding carboxylic acids is 1. The molecule has 1 aliphatic rings. The van der Waals surface area contributed by atoms with Gasteiger partial charge in [0.2, 0.25) is 0 Å². The first-order chi connectivity index (χ1) is 8.04. The van der Waals surface area contributed by atoms with Gasteiger partial charge >= 0.3 is 6.03 Å². The van der Waals surface area contributed by atoms with Gasteiger partial charge < -0.3 is 10.2 Å². The topological polar surface area (TPSA) is 69.0 Å². The van der Waals surface area contributed by atoms with Gasteiger partial charge in [-0.15, -0.1) is 0 Å². The Bertz CT molecular complexity index is 463. The van der Waals surface area contributed by atoms with E-state index in [0.29, 0.717) is 6.54 Å². The van der Waals surface area contributed by atoms with Crippen LogP contribution in [-0.2, 0) is 0 Å². The molecule has 1 saturated heterocycles. The van der Waals surface area contributed by atoms with Crippen molar-refractivity contribution in [2.45, 2.75) is 25.4 Å². The van der Waals surface area contributed by atoms with Crippen molar-refractivity contribution in [2.75, 3.05) is 6.54 Å². The molecule has 0 bridgehead atoms. The van der Waals surface area contributed by atoms with E-state index in [9.17, 15) is 4.79 Å². The summed E-state index contributed by atoms with van der Waals surface area (Å²) in [6, 6.07) is 7.35. The molecule has 1 atom stereocenters. The number of pyridine rings is 1. The van der Waals surface area contributed by atoms with Crippen LogP contribution in [0.4, 0.5) is 4.79 Å². The Labute approximate surface area is 100 Å². The third-order valence-electron chi connectivity index (χ3n) is 2.90. The normalized spacial score (nSPS) is 19.9. The number of hydrogen-bond donors (Lipinski definition) is 1. The minimum absolute atomic E-state index is 0.142. The Morgan fingerprint density at radius 2 is 2.35 bits per heavy atom. The fraction of sp³-hybridized carbons (Fsp3) is 0.417. The number of amides is 2. The smallest absolute Gasteiger partial charge is 0.319 e. The van der Waals surface area contributed by atoms with Crippen LogP contribution in [0.15, 0.2) is 24.4 Å². The molecule has 1 aromatic rings. The monoisotopic (exact) mass is 230 g/mol. The summed E-state index contributed by atoms with van der Waals surface area (Å²) in [7, 11) is 0. The number of carbonyl (C=O) groups is 1. The Morgan fingerprint density at radius 3 is 2.94 bits per heavy atom. The SMILES string of the molecule is CC(C)(C#N)N1CC(c2ccccn2)NC1=O. The number of urea groups is 1. The van der Waals surface area contributed by atoms with Crippen molar-refractivity contribution in [1.29, 1.82) is 5.26 Å². The van der Waals surface area contributed by atoms with Gasteiger partial charge in [0.1, 0.15) is 5.54 Å². The summed E-state index contributed by atoms with van der Waals surface area (Å²) in [6.07, 6.45) is 1.69. The zero-order chi connectivity index (χ0) is 12.5. The molecule has 1 N–H and O–H groups in total. The van der Waals surface area contributed by atoms with Crippen LogP contribution in [0.3, 0.4) is 0 Å². The molecule has 0 radical (unpaired) electrons. The lowest BCUT2D eigenvalue weighted by Crippen LogP contribution is -2.44. The van der Waals surface area contributed by atoms with E-state index in [1.54, 1.807) is 20.0 Å². The summed E-state index contributed by atoms with van der Waals surface area (Å²) in [4.78, 5) is 17.5. The summed E-state index contributed by atoms with van der Waals surface area (Å²) in [5, 5.41) is 11.9. The fourth-order valence-electron chi connectivity index (χ4n) is 1.83. The molecule has 88 valence electrons. The lowest BCUT2D eigenvalue weighted by atomic mass is 10.1. The van der Waals surface area contributed by atoms with E-state index in [-0.39, 0.29) is 12.1 Å². The van der Waals surface area contributed by atoms with Crippen molar-refractivity contribution in [3.63, 3.8) is 0 Å². The van der Waals surface area contributed by atoms with Crippen LogP contribution in [0.25, 0.3) is 0 Å². The molecule has 1 unspecified atom stereocenters. The van der Waals surface area contributed by atoms with E-state index in [2.05, 4.69) is 16.4 Å². The third kappa shape index (κ3) is 2.07. The van der Waals surface area contributed by atoms with E-state index in [1.165, 1.54) is 4.90 Å². The van der Waals surface area contributed by atoms with Crippen molar-refractivity contribution in [3.05, 3.63) is 30.1 Å². The molecule has 5 nitrogen and oxygen atoms in total. The molecule has 0 aromatic carbocycles. The highest BCUT2D eigenvalue weighted by molar-refractivity contribution is 5.78. The zero-order valence-electron chi connectivity index (χ0n) is 9.84. The molecule has 1 fully saturated rings. The summed E-state index contributed by atoms with van der Waals surface area (Å²) < 4.78 is 0. The van der Waals surface area contributed by atoms with E-state index in [4.69, 9.17) is 5.26 Å². The maximum atomic E-state index is 11.8. The number of rotatable bonds is 2. The molecule has 0 saturated carbocycles. The van der Waals surface area contributed by atoms with Crippen LogP contribution in [0.2, 0.25) is 0 Å². The summed E-state index contributed by atoms with van der Waals surface area (Å²) in [6.45, 7) is 3.93. The molecule has 1 aliphatic heterocycles. The first kappa shape index (κ1) is 11.4.